The maximum atomic E-state index is 13.1. The topological polar surface area (TPSA) is 75.2 Å². The number of hydrogen-bond acceptors (Lipinski definition) is 6. The molecule has 1 N–H and O–H groups in total. The van der Waals surface area contributed by atoms with Crippen molar-refractivity contribution in [2.45, 2.75) is 6.42 Å². The highest BCUT2D eigenvalue weighted by Gasteiger charge is 2.30. The van der Waals surface area contributed by atoms with Crippen LogP contribution in [0.3, 0.4) is 0 Å². The molecule has 6 heteroatoms. The van der Waals surface area contributed by atoms with Gasteiger partial charge in [-0.05, 0) is 27.1 Å². The zero-order chi connectivity index (χ0) is 21.8. The van der Waals surface area contributed by atoms with E-state index in [-0.39, 0.29) is 28.7 Å². The van der Waals surface area contributed by atoms with E-state index in [9.17, 15) is 9.59 Å². The van der Waals surface area contributed by atoms with Crippen LogP contribution in [0, 0.1) is 0 Å². The van der Waals surface area contributed by atoms with Crippen molar-refractivity contribution in [3.05, 3.63) is 83.8 Å². The molecule has 156 valence electrons. The number of fused-ring (bicyclic) bond motifs is 1. The smallest absolute Gasteiger partial charge is 0.229 e. The predicted molar refractivity (Wildman–Crippen MR) is 121 cm³/mol. The number of rotatable bonds is 7. The Balaban J connectivity index is 1.75. The van der Waals surface area contributed by atoms with E-state index in [1.165, 1.54) is 6.08 Å². The average molecular weight is 412 g/mol. The number of carbonyl (C=O) groups excluding carboxylic acids is 2. The van der Waals surface area contributed by atoms with E-state index in [0.29, 0.717) is 17.9 Å². The summed E-state index contributed by atoms with van der Waals surface area (Å²) in [6, 6.07) is 19.2. The van der Waals surface area contributed by atoms with Gasteiger partial charge in [-0.2, -0.15) is 0 Å². The van der Waals surface area contributed by atoms with Crippen molar-refractivity contribution in [3.8, 4) is 22.5 Å². The standard InChI is InChI=1S/C25H24N4O2/c1-29(2)15-9-14-26-19-16-20(30)23-24(25(19)31)28-22(18-12-7-4-8-13-18)21(27-23)17-10-5-3-6-11-17/h3-8,10-13,16,26H,9,14-15H2,1-2H3. The molecule has 6 nitrogen and oxygen atoms in total. The number of nitrogens with zero attached hydrogens (tertiary/aromatic N) is 3. The number of hydrogen-bond donors (Lipinski definition) is 1. The number of carbonyl (C=O) groups is 2. The molecule has 1 heterocycles. The molecule has 0 bridgehead atoms. The summed E-state index contributed by atoms with van der Waals surface area (Å²) in [6.07, 6.45) is 2.19. The molecule has 1 aliphatic carbocycles. The molecule has 0 aliphatic heterocycles. The van der Waals surface area contributed by atoms with Gasteiger partial charge in [0, 0.05) is 23.7 Å². The lowest BCUT2D eigenvalue weighted by atomic mass is 9.98. The summed E-state index contributed by atoms with van der Waals surface area (Å²) in [5, 5.41) is 3.10. The van der Waals surface area contributed by atoms with Crippen LogP contribution in [0.1, 0.15) is 27.4 Å². The number of aromatic nitrogens is 2. The van der Waals surface area contributed by atoms with E-state index < -0.39 is 0 Å². The van der Waals surface area contributed by atoms with Gasteiger partial charge in [-0.15, -0.1) is 0 Å². The second-order valence-corrected chi connectivity index (χ2v) is 7.69. The molecule has 3 aromatic rings. The molecule has 31 heavy (non-hydrogen) atoms. The summed E-state index contributed by atoms with van der Waals surface area (Å²) in [4.78, 5) is 37.3. The van der Waals surface area contributed by atoms with Crippen LogP contribution in [-0.4, -0.2) is 53.6 Å². The van der Waals surface area contributed by atoms with Gasteiger partial charge >= 0.3 is 0 Å². The Kier molecular flexibility index (Phi) is 6.00. The molecular formula is C25H24N4O2. The highest BCUT2D eigenvalue weighted by molar-refractivity contribution is 6.23. The fourth-order valence-corrected chi connectivity index (χ4v) is 3.50. The second-order valence-electron chi connectivity index (χ2n) is 7.69. The summed E-state index contributed by atoms with van der Waals surface area (Å²) in [7, 11) is 3.99. The number of allylic oxidation sites excluding steroid dienone is 2. The molecule has 4 rings (SSSR count). The van der Waals surface area contributed by atoms with E-state index in [1.807, 2.05) is 74.8 Å². The molecule has 0 spiro atoms. The first-order chi connectivity index (χ1) is 15.0. The Hall–Kier alpha value is -3.64. The van der Waals surface area contributed by atoms with Gasteiger partial charge in [0.15, 0.2) is 0 Å². The van der Waals surface area contributed by atoms with Crippen molar-refractivity contribution < 1.29 is 9.59 Å². The molecule has 2 aromatic carbocycles. The fourth-order valence-electron chi connectivity index (χ4n) is 3.50. The van der Waals surface area contributed by atoms with Crippen molar-refractivity contribution in [2.24, 2.45) is 0 Å². The number of benzene rings is 2. The Bertz CT molecular complexity index is 1140. The number of Topliss-reactive ketones (excluding diaryl/α,β-unsaturated/α-hetero) is 1. The van der Waals surface area contributed by atoms with Crippen LogP contribution in [0.4, 0.5) is 0 Å². The van der Waals surface area contributed by atoms with Gasteiger partial charge in [0.05, 0.1) is 17.1 Å². The Morgan fingerprint density at radius 2 is 1.32 bits per heavy atom. The average Bonchev–Trinajstić information content (AvgIpc) is 2.80. The zero-order valence-corrected chi connectivity index (χ0v) is 17.6. The van der Waals surface area contributed by atoms with E-state index in [0.717, 1.165) is 24.1 Å². The molecule has 1 aliphatic rings. The van der Waals surface area contributed by atoms with Gasteiger partial charge in [-0.25, -0.2) is 9.97 Å². The quantitative estimate of drug-likeness (QED) is 0.598. The monoisotopic (exact) mass is 412 g/mol. The van der Waals surface area contributed by atoms with Gasteiger partial charge in [0.1, 0.15) is 11.4 Å². The number of nitrogens with one attached hydrogen (secondary N) is 1. The van der Waals surface area contributed by atoms with Gasteiger partial charge < -0.3 is 10.2 Å². The Labute approximate surface area is 181 Å². The van der Waals surface area contributed by atoms with Gasteiger partial charge in [0.2, 0.25) is 11.6 Å². The van der Waals surface area contributed by atoms with Crippen molar-refractivity contribution in [1.29, 1.82) is 0 Å². The Morgan fingerprint density at radius 3 is 1.87 bits per heavy atom. The molecule has 0 saturated carbocycles. The highest BCUT2D eigenvalue weighted by Crippen LogP contribution is 2.31. The zero-order valence-electron chi connectivity index (χ0n) is 17.6. The van der Waals surface area contributed by atoms with E-state index >= 15 is 0 Å². The largest absolute Gasteiger partial charge is 0.382 e. The molecule has 0 fully saturated rings. The van der Waals surface area contributed by atoms with Crippen LogP contribution in [0.2, 0.25) is 0 Å². The van der Waals surface area contributed by atoms with Crippen LogP contribution in [0.15, 0.2) is 72.4 Å². The van der Waals surface area contributed by atoms with Crippen molar-refractivity contribution in [1.82, 2.24) is 20.2 Å². The maximum absolute atomic E-state index is 13.1. The lowest BCUT2D eigenvalue weighted by Crippen LogP contribution is -2.30. The summed E-state index contributed by atoms with van der Waals surface area (Å²) >= 11 is 0. The van der Waals surface area contributed by atoms with E-state index in [2.05, 4.69) is 20.2 Å². The third-order valence-electron chi connectivity index (χ3n) is 5.06. The van der Waals surface area contributed by atoms with Crippen molar-refractivity contribution >= 4 is 11.6 Å². The minimum Gasteiger partial charge on any atom is -0.382 e. The van der Waals surface area contributed by atoms with Gasteiger partial charge in [-0.1, -0.05) is 60.7 Å². The molecule has 0 unspecified atom stereocenters. The maximum Gasteiger partial charge on any atom is 0.229 e. The fraction of sp³-hybridized carbons (Fsp3) is 0.200. The van der Waals surface area contributed by atoms with E-state index in [4.69, 9.17) is 0 Å². The van der Waals surface area contributed by atoms with Crippen molar-refractivity contribution in [3.63, 3.8) is 0 Å². The molecule has 0 radical (unpaired) electrons. The van der Waals surface area contributed by atoms with E-state index in [1.54, 1.807) is 0 Å². The molecule has 0 amide bonds. The van der Waals surface area contributed by atoms with Gasteiger partial charge in [-0.3, -0.25) is 9.59 Å². The third kappa shape index (κ3) is 4.44. The summed E-state index contributed by atoms with van der Waals surface area (Å²) in [5.41, 5.74) is 3.32. The van der Waals surface area contributed by atoms with Crippen LogP contribution in [0.25, 0.3) is 22.5 Å². The normalized spacial score (nSPS) is 13.2. The summed E-state index contributed by atoms with van der Waals surface area (Å²) < 4.78 is 0. The lowest BCUT2D eigenvalue weighted by molar-refractivity contribution is 0.0971. The van der Waals surface area contributed by atoms with Crippen LogP contribution in [-0.2, 0) is 0 Å². The summed E-state index contributed by atoms with van der Waals surface area (Å²) in [6.45, 7) is 1.48. The summed E-state index contributed by atoms with van der Waals surface area (Å²) in [5.74, 6) is -0.613. The first kappa shape index (κ1) is 20.6. The SMILES string of the molecule is CN(C)CCCNC1=CC(=O)c2nc(-c3ccccc3)c(-c3ccccc3)nc2C1=O. The minimum atomic E-state index is -0.311. The number of ketones is 2. The van der Waals surface area contributed by atoms with Crippen LogP contribution in [0.5, 0.6) is 0 Å². The lowest BCUT2D eigenvalue weighted by Gasteiger charge is -2.18. The predicted octanol–water partition coefficient (Wildman–Crippen LogP) is 3.61. The van der Waals surface area contributed by atoms with Crippen molar-refractivity contribution in [2.75, 3.05) is 27.2 Å². The molecular weight excluding hydrogens is 388 g/mol. The molecule has 0 atom stereocenters. The minimum absolute atomic E-state index is 0.0983. The van der Waals surface area contributed by atoms with Crippen LogP contribution < -0.4 is 5.32 Å². The Morgan fingerprint density at radius 1 is 0.774 bits per heavy atom. The molecule has 1 aromatic heterocycles. The van der Waals surface area contributed by atoms with Gasteiger partial charge in [0.25, 0.3) is 0 Å². The first-order valence-electron chi connectivity index (χ1n) is 10.3. The second kappa shape index (κ2) is 9.02. The molecule has 0 saturated heterocycles. The third-order valence-corrected chi connectivity index (χ3v) is 5.06. The van der Waals surface area contributed by atoms with Crippen LogP contribution >= 0.6 is 0 Å². The first-order valence-corrected chi connectivity index (χ1v) is 10.3. The highest BCUT2D eigenvalue weighted by atomic mass is 16.1.